The van der Waals surface area contributed by atoms with E-state index < -0.39 is 0 Å². The highest BCUT2D eigenvalue weighted by Gasteiger charge is 2.25. The van der Waals surface area contributed by atoms with E-state index in [0.29, 0.717) is 6.04 Å². The smallest absolute Gasteiger partial charge is 0.265 e. The fourth-order valence-corrected chi connectivity index (χ4v) is 3.92. The minimum atomic E-state index is 0.143. The lowest BCUT2D eigenvalue weighted by atomic mass is 10.0. The maximum absolute atomic E-state index is 12.6. The SMILES string of the molecule is CC(C)N(CC1CCCCN1)C(=O)c1sccc1Br. The van der Waals surface area contributed by atoms with Crippen molar-refractivity contribution in [3.05, 3.63) is 20.8 Å². The van der Waals surface area contributed by atoms with Crippen molar-refractivity contribution >= 4 is 33.2 Å². The van der Waals surface area contributed by atoms with E-state index >= 15 is 0 Å². The van der Waals surface area contributed by atoms with Crippen LogP contribution < -0.4 is 5.32 Å². The van der Waals surface area contributed by atoms with Crippen LogP contribution in [0.4, 0.5) is 0 Å². The highest BCUT2D eigenvalue weighted by Crippen LogP contribution is 2.25. The molecule has 0 spiro atoms. The quantitative estimate of drug-likeness (QED) is 0.906. The van der Waals surface area contributed by atoms with Gasteiger partial charge in [0.1, 0.15) is 4.88 Å². The number of nitrogens with one attached hydrogen (secondary N) is 1. The first-order valence-corrected chi connectivity index (χ1v) is 8.54. The lowest BCUT2D eigenvalue weighted by Gasteiger charge is -2.33. The van der Waals surface area contributed by atoms with E-state index in [9.17, 15) is 4.79 Å². The molecule has 0 aromatic carbocycles. The summed E-state index contributed by atoms with van der Waals surface area (Å²) in [6.45, 7) is 6.05. The molecule has 1 N–H and O–H groups in total. The van der Waals surface area contributed by atoms with Crippen molar-refractivity contribution < 1.29 is 4.79 Å². The number of carbonyl (C=O) groups is 1. The molecule has 1 aliphatic heterocycles. The molecule has 5 heteroatoms. The highest BCUT2D eigenvalue weighted by molar-refractivity contribution is 9.10. The van der Waals surface area contributed by atoms with Gasteiger partial charge in [0.25, 0.3) is 5.91 Å². The molecule has 0 aliphatic carbocycles. The minimum absolute atomic E-state index is 0.143. The molecule has 1 saturated heterocycles. The topological polar surface area (TPSA) is 32.3 Å². The molecule has 0 bridgehead atoms. The summed E-state index contributed by atoms with van der Waals surface area (Å²) in [7, 11) is 0. The van der Waals surface area contributed by atoms with Crippen LogP contribution in [0.15, 0.2) is 15.9 Å². The van der Waals surface area contributed by atoms with Crippen molar-refractivity contribution in [2.75, 3.05) is 13.1 Å². The summed E-state index contributed by atoms with van der Waals surface area (Å²) in [4.78, 5) is 15.4. The zero-order valence-electron chi connectivity index (χ0n) is 11.5. The van der Waals surface area contributed by atoms with Gasteiger partial charge in [0, 0.05) is 23.1 Å². The predicted molar refractivity (Wildman–Crippen MR) is 83.8 cm³/mol. The number of piperidine rings is 1. The van der Waals surface area contributed by atoms with Crippen molar-refractivity contribution in [1.29, 1.82) is 0 Å². The molecule has 0 saturated carbocycles. The van der Waals surface area contributed by atoms with Crippen LogP contribution in [0.2, 0.25) is 0 Å². The van der Waals surface area contributed by atoms with Gasteiger partial charge in [0.2, 0.25) is 0 Å². The first-order chi connectivity index (χ1) is 9.09. The van der Waals surface area contributed by atoms with E-state index in [4.69, 9.17) is 0 Å². The lowest BCUT2D eigenvalue weighted by Crippen LogP contribution is -2.48. The van der Waals surface area contributed by atoms with Crippen molar-refractivity contribution in [2.45, 2.75) is 45.2 Å². The van der Waals surface area contributed by atoms with Crippen LogP contribution in [0.25, 0.3) is 0 Å². The second-order valence-corrected chi connectivity index (χ2v) is 7.07. The highest BCUT2D eigenvalue weighted by atomic mass is 79.9. The zero-order valence-corrected chi connectivity index (χ0v) is 13.9. The van der Waals surface area contributed by atoms with E-state index in [1.807, 2.05) is 16.3 Å². The van der Waals surface area contributed by atoms with Crippen molar-refractivity contribution in [2.24, 2.45) is 0 Å². The maximum atomic E-state index is 12.6. The lowest BCUT2D eigenvalue weighted by molar-refractivity contribution is 0.0681. The molecule has 106 valence electrons. The molecule has 1 aromatic heterocycles. The van der Waals surface area contributed by atoms with Gasteiger partial charge >= 0.3 is 0 Å². The average molecular weight is 345 g/mol. The van der Waals surface area contributed by atoms with Crippen LogP contribution in [0.3, 0.4) is 0 Å². The number of halogens is 1. The van der Waals surface area contributed by atoms with E-state index in [0.717, 1.165) is 22.4 Å². The molecule has 1 amide bonds. The summed E-state index contributed by atoms with van der Waals surface area (Å²) in [6.07, 6.45) is 3.69. The van der Waals surface area contributed by atoms with E-state index in [1.54, 1.807) is 0 Å². The van der Waals surface area contributed by atoms with Crippen LogP contribution in [0.5, 0.6) is 0 Å². The fourth-order valence-electron chi connectivity index (χ4n) is 2.42. The summed E-state index contributed by atoms with van der Waals surface area (Å²) in [5, 5.41) is 5.47. The standard InChI is InChI=1S/C14H21BrN2OS/c1-10(2)17(9-11-5-3-4-7-16-11)14(18)13-12(15)6-8-19-13/h6,8,10-11,16H,3-5,7,9H2,1-2H3. The van der Waals surface area contributed by atoms with Crippen LogP contribution in [-0.4, -0.2) is 36.0 Å². The number of amides is 1. The van der Waals surface area contributed by atoms with Gasteiger partial charge in [-0.05, 0) is 60.6 Å². The third kappa shape index (κ3) is 3.80. The summed E-state index contributed by atoms with van der Waals surface area (Å²) >= 11 is 4.96. The van der Waals surface area contributed by atoms with Gasteiger partial charge in [-0.15, -0.1) is 11.3 Å². The largest absolute Gasteiger partial charge is 0.334 e. The maximum Gasteiger partial charge on any atom is 0.265 e. The number of thiophene rings is 1. The number of carbonyl (C=O) groups excluding carboxylic acids is 1. The van der Waals surface area contributed by atoms with Gasteiger partial charge in [-0.3, -0.25) is 4.79 Å². The van der Waals surface area contributed by atoms with Gasteiger partial charge in [-0.25, -0.2) is 0 Å². The Morgan fingerprint density at radius 3 is 2.89 bits per heavy atom. The monoisotopic (exact) mass is 344 g/mol. The Labute approximate surface area is 127 Å². The van der Waals surface area contributed by atoms with Crippen LogP contribution >= 0.6 is 27.3 Å². The summed E-state index contributed by atoms with van der Waals surface area (Å²) < 4.78 is 0.907. The number of rotatable bonds is 4. The second-order valence-electron chi connectivity index (χ2n) is 5.30. The molecule has 2 rings (SSSR count). The molecule has 1 atom stereocenters. The Morgan fingerprint density at radius 1 is 1.58 bits per heavy atom. The van der Waals surface area contributed by atoms with Gasteiger partial charge in [-0.1, -0.05) is 6.42 Å². The normalized spacial score (nSPS) is 19.7. The van der Waals surface area contributed by atoms with Crippen molar-refractivity contribution in [3.8, 4) is 0 Å². The van der Waals surface area contributed by atoms with Gasteiger partial charge in [-0.2, -0.15) is 0 Å². The Hall–Kier alpha value is -0.390. The summed E-state index contributed by atoms with van der Waals surface area (Å²) in [6, 6.07) is 2.61. The minimum Gasteiger partial charge on any atom is -0.334 e. The van der Waals surface area contributed by atoms with Crippen LogP contribution in [-0.2, 0) is 0 Å². The third-order valence-corrected chi connectivity index (χ3v) is 5.35. The second kappa shape index (κ2) is 6.86. The Kier molecular flexibility index (Phi) is 5.42. The Morgan fingerprint density at radius 2 is 2.37 bits per heavy atom. The first-order valence-electron chi connectivity index (χ1n) is 6.87. The molecule has 0 radical (unpaired) electrons. The molecule has 2 heterocycles. The fraction of sp³-hybridized carbons (Fsp3) is 0.643. The number of hydrogen-bond donors (Lipinski definition) is 1. The van der Waals surface area contributed by atoms with Crippen molar-refractivity contribution in [3.63, 3.8) is 0 Å². The van der Waals surface area contributed by atoms with E-state index in [-0.39, 0.29) is 11.9 Å². The first kappa shape index (κ1) is 15.0. The predicted octanol–water partition coefficient (Wildman–Crippen LogP) is 3.50. The zero-order chi connectivity index (χ0) is 13.8. The van der Waals surface area contributed by atoms with Gasteiger partial charge in [0.15, 0.2) is 0 Å². The third-order valence-electron chi connectivity index (χ3n) is 3.53. The average Bonchev–Trinajstić information content (AvgIpc) is 2.82. The molecule has 1 unspecified atom stereocenters. The molecule has 3 nitrogen and oxygen atoms in total. The molecular weight excluding hydrogens is 324 g/mol. The Balaban J connectivity index is 2.07. The van der Waals surface area contributed by atoms with Gasteiger partial charge in [0.05, 0.1) is 0 Å². The Bertz CT molecular complexity index is 427. The van der Waals surface area contributed by atoms with Crippen LogP contribution in [0, 0.1) is 0 Å². The molecule has 1 fully saturated rings. The summed E-state index contributed by atoms with van der Waals surface area (Å²) in [5.74, 6) is 0.143. The number of nitrogens with zero attached hydrogens (tertiary/aromatic N) is 1. The van der Waals surface area contributed by atoms with E-state index in [1.165, 1.54) is 30.6 Å². The van der Waals surface area contributed by atoms with Crippen molar-refractivity contribution in [1.82, 2.24) is 10.2 Å². The molecule has 1 aromatic rings. The van der Waals surface area contributed by atoms with Crippen LogP contribution in [0.1, 0.15) is 42.8 Å². The molecule has 19 heavy (non-hydrogen) atoms. The van der Waals surface area contributed by atoms with E-state index in [2.05, 4.69) is 35.1 Å². The van der Waals surface area contributed by atoms with Gasteiger partial charge < -0.3 is 10.2 Å². The summed E-state index contributed by atoms with van der Waals surface area (Å²) in [5.41, 5.74) is 0. The molecular formula is C14H21BrN2OS. The molecule has 1 aliphatic rings. The number of hydrogen-bond acceptors (Lipinski definition) is 3.